The molecule has 0 bridgehead atoms. The third-order valence-electron chi connectivity index (χ3n) is 2.42. The van der Waals surface area contributed by atoms with Gasteiger partial charge in [0.05, 0.1) is 24.1 Å². The number of benzene rings is 1. The van der Waals surface area contributed by atoms with Gasteiger partial charge >= 0.3 is 0 Å². The van der Waals surface area contributed by atoms with E-state index in [1.807, 2.05) is 18.2 Å². The van der Waals surface area contributed by atoms with Crippen LogP contribution in [0, 0.1) is 28.6 Å². The SMILES string of the molecule is CC(C)CN(CCC#N)c1cccc(C#N)c1. The first-order chi connectivity index (χ1) is 8.17. The normalized spacial score (nSPS) is 9.71. The Kier molecular flexibility index (Phi) is 5.04. The second-order valence-electron chi connectivity index (χ2n) is 4.41. The molecular formula is C14H17N3. The van der Waals surface area contributed by atoms with Gasteiger partial charge in [-0.2, -0.15) is 10.5 Å². The van der Waals surface area contributed by atoms with Crippen molar-refractivity contribution < 1.29 is 0 Å². The summed E-state index contributed by atoms with van der Waals surface area (Å²) in [4.78, 5) is 2.16. The molecule has 1 rings (SSSR count). The third-order valence-corrected chi connectivity index (χ3v) is 2.42. The zero-order valence-corrected chi connectivity index (χ0v) is 10.3. The molecule has 0 fully saturated rings. The summed E-state index contributed by atoms with van der Waals surface area (Å²) in [6.07, 6.45) is 0.503. The van der Waals surface area contributed by atoms with Crippen LogP contribution in [0.2, 0.25) is 0 Å². The van der Waals surface area contributed by atoms with Crippen molar-refractivity contribution in [1.82, 2.24) is 0 Å². The highest BCUT2D eigenvalue weighted by molar-refractivity contribution is 5.51. The maximum Gasteiger partial charge on any atom is 0.0992 e. The summed E-state index contributed by atoms with van der Waals surface area (Å²) in [5.74, 6) is 0.527. The molecule has 0 saturated heterocycles. The second-order valence-corrected chi connectivity index (χ2v) is 4.41. The molecule has 1 aromatic rings. The Morgan fingerprint density at radius 3 is 2.65 bits per heavy atom. The molecule has 0 radical (unpaired) electrons. The molecule has 3 heteroatoms. The van der Waals surface area contributed by atoms with Crippen LogP contribution < -0.4 is 4.90 Å². The van der Waals surface area contributed by atoms with Crippen molar-refractivity contribution in [1.29, 1.82) is 10.5 Å². The predicted octanol–water partition coefficient (Wildman–Crippen LogP) is 2.93. The van der Waals surface area contributed by atoms with E-state index in [1.54, 1.807) is 6.07 Å². The lowest BCUT2D eigenvalue weighted by atomic mass is 10.1. The highest BCUT2D eigenvalue weighted by atomic mass is 15.1. The van der Waals surface area contributed by atoms with Crippen molar-refractivity contribution in [2.45, 2.75) is 20.3 Å². The summed E-state index contributed by atoms with van der Waals surface area (Å²) in [6, 6.07) is 11.8. The lowest BCUT2D eigenvalue weighted by Crippen LogP contribution is -2.28. The first-order valence-electron chi connectivity index (χ1n) is 5.79. The number of hydrogen-bond acceptors (Lipinski definition) is 3. The van der Waals surface area contributed by atoms with Crippen LogP contribution in [0.15, 0.2) is 24.3 Å². The highest BCUT2D eigenvalue weighted by Crippen LogP contribution is 2.17. The van der Waals surface area contributed by atoms with Gasteiger partial charge in [0.15, 0.2) is 0 Å². The van der Waals surface area contributed by atoms with E-state index < -0.39 is 0 Å². The molecule has 0 aliphatic carbocycles. The van der Waals surface area contributed by atoms with Gasteiger partial charge in [-0.05, 0) is 24.1 Å². The summed E-state index contributed by atoms with van der Waals surface area (Å²) >= 11 is 0. The number of rotatable bonds is 5. The van der Waals surface area contributed by atoms with Gasteiger partial charge in [0, 0.05) is 18.8 Å². The van der Waals surface area contributed by atoms with E-state index in [1.165, 1.54) is 0 Å². The molecule has 0 aromatic heterocycles. The van der Waals surface area contributed by atoms with Crippen molar-refractivity contribution >= 4 is 5.69 Å². The van der Waals surface area contributed by atoms with E-state index in [2.05, 4.69) is 30.9 Å². The monoisotopic (exact) mass is 227 g/mol. The number of hydrogen-bond donors (Lipinski definition) is 0. The van der Waals surface area contributed by atoms with Gasteiger partial charge in [-0.1, -0.05) is 19.9 Å². The van der Waals surface area contributed by atoms with Crippen molar-refractivity contribution in [3.8, 4) is 12.1 Å². The van der Waals surface area contributed by atoms with Gasteiger partial charge in [0.2, 0.25) is 0 Å². The topological polar surface area (TPSA) is 50.8 Å². The van der Waals surface area contributed by atoms with Crippen molar-refractivity contribution in [2.24, 2.45) is 5.92 Å². The highest BCUT2D eigenvalue weighted by Gasteiger charge is 2.08. The van der Waals surface area contributed by atoms with Crippen LogP contribution in [-0.2, 0) is 0 Å². The van der Waals surface area contributed by atoms with Crippen LogP contribution in [0.1, 0.15) is 25.8 Å². The Morgan fingerprint density at radius 1 is 1.29 bits per heavy atom. The van der Waals surface area contributed by atoms with Crippen molar-refractivity contribution in [3.05, 3.63) is 29.8 Å². The smallest absolute Gasteiger partial charge is 0.0992 e. The minimum Gasteiger partial charge on any atom is -0.370 e. The number of nitriles is 2. The lowest BCUT2D eigenvalue weighted by Gasteiger charge is -2.25. The van der Waals surface area contributed by atoms with E-state index in [0.29, 0.717) is 24.4 Å². The van der Waals surface area contributed by atoms with E-state index in [4.69, 9.17) is 10.5 Å². The van der Waals surface area contributed by atoms with Gasteiger partial charge in [0.1, 0.15) is 0 Å². The Hall–Kier alpha value is -2.00. The maximum atomic E-state index is 8.88. The molecule has 88 valence electrons. The Balaban J connectivity index is 2.88. The molecule has 0 amide bonds. The maximum absolute atomic E-state index is 8.88. The van der Waals surface area contributed by atoms with Gasteiger partial charge in [-0.15, -0.1) is 0 Å². The van der Waals surface area contributed by atoms with Crippen molar-refractivity contribution in [3.63, 3.8) is 0 Å². The van der Waals surface area contributed by atoms with Gasteiger partial charge in [-0.25, -0.2) is 0 Å². The Morgan fingerprint density at radius 2 is 2.06 bits per heavy atom. The molecule has 0 spiro atoms. The van der Waals surface area contributed by atoms with E-state index in [-0.39, 0.29) is 0 Å². The number of nitrogens with zero attached hydrogens (tertiary/aromatic N) is 3. The lowest BCUT2D eigenvalue weighted by molar-refractivity contribution is 0.612. The fraction of sp³-hybridized carbons (Fsp3) is 0.429. The molecule has 1 aromatic carbocycles. The van der Waals surface area contributed by atoms with Crippen LogP contribution in [0.3, 0.4) is 0 Å². The summed E-state index contributed by atoms with van der Waals surface area (Å²) in [6.45, 7) is 5.90. The second kappa shape index (κ2) is 6.55. The molecule has 17 heavy (non-hydrogen) atoms. The van der Waals surface area contributed by atoms with Crippen LogP contribution in [-0.4, -0.2) is 13.1 Å². The van der Waals surface area contributed by atoms with Gasteiger partial charge in [0.25, 0.3) is 0 Å². The first-order valence-corrected chi connectivity index (χ1v) is 5.79. The molecule has 0 heterocycles. The van der Waals surface area contributed by atoms with Crippen LogP contribution in [0.25, 0.3) is 0 Å². The number of anilines is 1. The van der Waals surface area contributed by atoms with Crippen LogP contribution in [0.5, 0.6) is 0 Å². The van der Waals surface area contributed by atoms with E-state index in [9.17, 15) is 0 Å². The molecule has 0 N–H and O–H groups in total. The zero-order valence-electron chi connectivity index (χ0n) is 10.3. The largest absolute Gasteiger partial charge is 0.370 e. The molecule has 0 unspecified atom stereocenters. The molecule has 0 aliphatic rings. The van der Waals surface area contributed by atoms with E-state index in [0.717, 1.165) is 12.2 Å². The standard InChI is InChI=1S/C14H17N3/c1-12(2)11-17(8-4-7-15)14-6-3-5-13(9-14)10-16/h3,5-6,9,12H,4,8,11H2,1-2H3. The average Bonchev–Trinajstić information content (AvgIpc) is 2.34. The molecule has 3 nitrogen and oxygen atoms in total. The van der Waals surface area contributed by atoms with Gasteiger partial charge in [-0.3, -0.25) is 0 Å². The quantitative estimate of drug-likeness (QED) is 0.777. The predicted molar refractivity (Wildman–Crippen MR) is 68.4 cm³/mol. The fourth-order valence-corrected chi connectivity index (χ4v) is 1.72. The van der Waals surface area contributed by atoms with Crippen molar-refractivity contribution in [2.75, 3.05) is 18.0 Å². The molecule has 0 saturated carbocycles. The van der Waals surface area contributed by atoms with Crippen LogP contribution in [0.4, 0.5) is 5.69 Å². The average molecular weight is 227 g/mol. The summed E-state index contributed by atoms with van der Waals surface area (Å²) in [5.41, 5.74) is 1.68. The summed E-state index contributed by atoms with van der Waals surface area (Å²) in [7, 11) is 0. The fourth-order valence-electron chi connectivity index (χ4n) is 1.72. The Labute approximate surface area is 103 Å². The van der Waals surface area contributed by atoms with Gasteiger partial charge < -0.3 is 4.90 Å². The Bertz CT molecular complexity index is 438. The third kappa shape index (κ3) is 4.17. The molecule has 0 aliphatic heterocycles. The zero-order chi connectivity index (χ0) is 12.7. The summed E-state index contributed by atoms with van der Waals surface area (Å²) in [5, 5.41) is 17.5. The molecule has 0 atom stereocenters. The molecular weight excluding hydrogens is 210 g/mol. The minimum absolute atomic E-state index is 0.503. The van der Waals surface area contributed by atoms with E-state index >= 15 is 0 Å². The minimum atomic E-state index is 0.503. The first kappa shape index (κ1) is 13.1. The van der Waals surface area contributed by atoms with Crippen LogP contribution >= 0.6 is 0 Å². The summed E-state index contributed by atoms with van der Waals surface area (Å²) < 4.78 is 0.